The van der Waals surface area contributed by atoms with Gasteiger partial charge in [0.25, 0.3) is 0 Å². The Hall–Kier alpha value is -0.770. The smallest absolute Gasteiger partial charge is 0.0663 e. The summed E-state index contributed by atoms with van der Waals surface area (Å²) in [4.78, 5) is 0. The molecule has 1 heteroatoms. The molecular formula is C8H13N. The van der Waals surface area contributed by atoms with Crippen LogP contribution >= 0.6 is 0 Å². The molecule has 0 heterocycles. The Balaban J connectivity index is 3.17. The first kappa shape index (κ1) is 8.23. The van der Waals surface area contributed by atoms with Crippen molar-refractivity contribution in [2.24, 2.45) is 5.92 Å². The largest absolute Gasteiger partial charge is 0.198 e. The standard InChI is InChI=1S/C8H13N/c1-8(2)6-4-3-5-7-9/h3-4,8H,5-6H2,1-2H3/b4-3+. The van der Waals surface area contributed by atoms with Gasteiger partial charge in [-0.05, 0) is 12.3 Å². The maximum atomic E-state index is 8.13. The average molecular weight is 123 g/mol. The van der Waals surface area contributed by atoms with E-state index in [9.17, 15) is 0 Å². The van der Waals surface area contributed by atoms with E-state index in [1.807, 2.05) is 6.08 Å². The Morgan fingerprint density at radius 1 is 1.44 bits per heavy atom. The molecule has 0 amide bonds. The molecule has 0 spiro atoms. The summed E-state index contributed by atoms with van der Waals surface area (Å²) < 4.78 is 0. The quantitative estimate of drug-likeness (QED) is 0.529. The molecule has 0 aromatic rings. The summed E-state index contributed by atoms with van der Waals surface area (Å²) in [5, 5.41) is 8.13. The maximum Gasteiger partial charge on any atom is 0.0663 e. The van der Waals surface area contributed by atoms with Crippen LogP contribution in [0.4, 0.5) is 0 Å². The van der Waals surface area contributed by atoms with E-state index in [4.69, 9.17) is 5.26 Å². The minimum absolute atomic E-state index is 0.548. The topological polar surface area (TPSA) is 23.8 Å². The van der Waals surface area contributed by atoms with Crippen LogP contribution in [-0.4, -0.2) is 0 Å². The minimum atomic E-state index is 0.548. The van der Waals surface area contributed by atoms with Gasteiger partial charge in [0.15, 0.2) is 0 Å². The molecule has 0 saturated heterocycles. The Bertz CT molecular complexity index is 117. The third kappa shape index (κ3) is 7.23. The molecule has 1 nitrogen and oxygen atoms in total. The normalized spacial score (nSPS) is 10.4. The zero-order valence-corrected chi connectivity index (χ0v) is 6.09. The van der Waals surface area contributed by atoms with Crippen LogP contribution in [0.5, 0.6) is 0 Å². The molecule has 0 atom stereocenters. The summed E-state index contributed by atoms with van der Waals surface area (Å²) in [6, 6.07) is 2.05. The molecule has 0 aromatic carbocycles. The van der Waals surface area contributed by atoms with E-state index >= 15 is 0 Å². The number of hydrogen-bond donors (Lipinski definition) is 0. The highest BCUT2D eigenvalue weighted by atomic mass is 14.2. The highest BCUT2D eigenvalue weighted by molar-refractivity contribution is 4.90. The predicted octanol–water partition coefficient (Wildman–Crippen LogP) is 2.50. The molecule has 0 saturated carbocycles. The fourth-order valence-electron chi connectivity index (χ4n) is 0.504. The van der Waals surface area contributed by atoms with Gasteiger partial charge in [0, 0.05) is 0 Å². The van der Waals surface area contributed by atoms with Gasteiger partial charge >= 0.3 is 0 Å². The highest BCUT2D eigenvalue weighted by Crippen LogP contribution is 1.99. The van der Waals surface area contributed by atoms with Crippen molar-refractivity contribution in [1.29, 1.82) is 5.26 Å². The van der Waals surface area contributed by atoms with E-state index in [2.05, 4.69) is 26.0 Å². The number of nitriles is 1. The first-order valence-electron chi connectivity index (χ1n) is 3.29. The SMILES string of the molecule is CC(C)C/C=C/CC#N. The van der Waals surface area contributed by atoms with Crippen LogP contribution in [0.15, 0.2) is 12.2 Å². The van der Waals surface area contributed by atoms with E-state index in [1.165, 1.54) is 0 Å². The van der Waals surface area contributed by atoms with Crippen LogP contribution in [0.25, 0.3) is 0 Å². The van der Waals surface area contributed by atoms with Gasteiger partial charge < -0.3 is 0 Å². The molecule has 0 aliphatic heterocycles. The number of nitrogens with zero attached hydrogens (tertiary/aromatic N) is 1. The Morgan fingerprint density at radius 2 is 2.11 bits per heavy atom. The molecule has 0 radical (unpaired) electrons. The predicted molar refractivity (Wildman–Crippen MR) is 38.8 cm³/mol. The third-order valence-electron chi connectivity index (χ3n) is 0.983. The molecule has 50 valence electrons. The van der Waals surface area contributed by atoms with Crippen LogP contribution in [-0.2, 0) is 0 Å². The number of hydrogen-bond acceptors (Lipinski definition) is 1. The van der Waals surface area contributed by atoms with Crippen molar-refractivity contribution in [2.75, 3.05) is 0 Å². The van der Waals surface area contributed by atoms with E-state index in [0.717, 1.165) is 6.42 Å². The lowest BCUT2D eigenvalue weighted by molar-refractivity contribution is 0.663. The highest BCUT2D eigenvalue weighted by Gasteiger charge is 1.85. The van der Waals surface area contributed by atoms with E-state index < -0.39 is 0 Å². The molecule has 0 rings (SSSR count). The summed E-state index contributed by atoms with van der Waals surface area (Å²) in [6.07, 6.45) is 5.61. The Labute approximate surface area is 57.0 Å². The zero-order chi connectivity index (χ0) is 7.11. The van der Waals surface area contributed by atoms with Crippen molar-refractivity contribution >= 4 is 0 Å². The lowest BCUT2D eigenvalue weighted by atomic mass is 10.1. The van der Waals surface area contributed by atoms with Gasteiger partial charge in [-0.1, -0.05) is 26.0 Å². The monoisotopic (exact) mass is 123 g/mol. The second-order valence-corrected chi connectivity index (χ2v) is 2.46. The summed E-state index contributed by atoms with van der Waals surface area (Å²) >= 11 is 0. The molecule has 0 aromatic heterocycles. The van der Waals surface area contributed by atoms with Crippen molar-refractivity contribution in [1.82, 2.24) is 0 Å². The minimum Gasteiger partial charge on any atom is -0.198 e. The van der Waals surface area contributed by atoms with Crippen molar-refractivity contribution in [3.63, 3.8) is 0 Å². The van der Waals surface area contributed by atoms with Crippen molar-refractivity contribution in [3.05, 3.63) is 12.2 Å². The van der Waals surface area contributed by atoms with Crippen LogP contribution in [0.3, 0.4) is 0 Å². The second kappa shape index (κ2) is 5.37. The van der Waals surface area contributed by atoms with Gasteiger partial charge in [-0.15, -0.1) is 0 Å². The van der Waals surface area contributed by atoms with Gasteiger partial charge in [0.05, 0.1) is 12.5 Å². The van der Waals surface area contributed by atoms with Crippen molar-refractivity contribution in [3.8, 4) is 6.07 Å². The second-order valence-electron chi connectivity index (χ2n) is 2.46. The molecule has 0 fully saturated rings. The van der Waals surface area contributed by atoms with Crippen LogP contribution in [0, 0.1) is 17.2 Å². The molecule has 0 aliphatic rings. The van der Waals surface area contributed by atoms with Gasteiger partial charge in [-0.3, -0.25) is 0 Å². The molecular weight excluding hydrogens is 110 g/mol. The van der Waals surface area contributed by atoms with E-state index in [-0.39, 0.29) is 0 Å². The Morgan fingerprint density at radius 3 is 2.56 bits per heavy atom. The van der Waals surface area contributed by atoms with Crippen LogP contribution in [0.1, 0.15) is 26.7 Å². The summed E-state index contributed by atoms with van der Waals surface area (Å²) in [7, 11) is 0. The number of allylic oxidation sites excluding steroid dienone is 2. The molecule has 0 N–H and O–H groups in total. The maximum absolute atomic E-state index is 8.13. The fourth-order valence-corrected chi connectivity index (χ4v) is 0.504. The third-order valence-corrected chi connectivity index (χ3v) is 0.983. The summed E-state index contributed by atoms with van der Waals surface area (Å²) in [5.74, 6) is 0.708. The Kier molecular flexibility index (Phi) is 4.91. The molecule has 0 aliphatic carbocycles. The number of rotatable bonds is 3. The van der Waals surface area contributed by atoms with E-state index in [1.54, 1.807) is 0 Å². The van der Waals surface area contributed by atoms with Gasteiger partial charge in [0.1, 0.15) is 0 Å². The summed E-state index contributed by atoms with van der Waals surface area (Å²) in [6.45, 7) is 4.33. The lowest BCUT2D eigenvalue weighted by Crippen LogP contribution is -1.80. The summed E-state index contributed by atoms with van der Waals surface area (Å²) in [5.41, 5.74) is 0. The van der Waals surface area contributed by atoms with Gasteiger partial charge in [-0.25, -0.2) is 0 Å². The van der Waals surface area contributed by atoms with Crippen LogP contribution < -0.4 is 0 Å². The molecule has 0 unspecified atom stereocenters. The van der Waals surface area contributed by atoms with Crippen molar-refractivity contribution in [2.45, 2.75) is 26.7 Å². The van der Waals surface area contributed by atoms with E-state index in [0.29, 0.717) is 12.3 Å². The lowest BCUT2D eigenvalue weighted by Gasteiger charge is -1.94. The zero-order valence-electron chi connectivity index (χ0n) is 6.09. The first-order valence-corrected chi connectivity index (χ1v) is 3.29. The van der Waals surface area contributed by atoms with Crippen molar-refractivity contribution < 1.29 is 0 Å². The average Bonchev–Trinajstić information content (AvgIpc) is 1.80. The van der Waals surface area contributed by atoms with Gasteiger partial charge in [0.2, 0.25) is 0 Å². The van der Waals surface area contributed by atoms with Gasteiger partial charge in [-0.2, -0.15) is 5.26 Å². The first-order chi connectivity index (χ1) is 4.27. The fraction of sp³-hybridized carbons (Fsp3) is 0.625. The van der Waals surface area contributed by atoms with Crippen LogP contribution in [0.2, 0.25) is 0 Å². The molecule has 9 heavy (non-hydrogen) atoms. The molecule has 0 bridgehead atoms.